The van der Waals surface area contributed by atoms with Crippen LogP contribution in [0.2, 0.25) is 0 Å². The molecule has 1 aromatic carbocycles. The van der Waals surface area contributed by atoms with Gasteiger partial charge >= 0.3 is 24.0 Å². The van der Waals surface area contributed by atoms with E-state index in [9.17, 15) is 19.2 Å². The standard InChI is InChI=1S/C22H30N2O8/c1-16(25)32-15-24(22(28)30-3)19(20(26)29-2)11-13-23-12-7-10-18(23)21(27)31-14-17-8-5-4-6-9-17/h4-6,8-9,18-19H,7,10-15H2,1-3H3/t18-,19-/m0/s1. The molecule has 10 nitrogen and oxygen atoms in total. The summed E-state index contributed by atoms with van der Waals surface area (Å²) in [5.74, 6) is -1.61. The number of amides is 1. The summed E-state index contributed by atoms with van der Waals surface area (Å²) in [6.07, 6.45) is 0.778. The topological polar surface area (TPSA) is 112 Å². The Morgan fingerprint density at radius 3 is 2.44 bits per heavy atom. The van der Waals surface area contributed by atoms with E-state index in [2.05, 4.69) is 0 Å². The van der Waals surface area contributed by atoms with Crippen LogP contribution in [0.1, 0.15) is 31.7 Å². The normalized spacial score (nSPS) is 16.7. The predicted molar refractivity (Wildman–Crippen MR) is 112 cm³/mol. The van der Waals surface area contributed by atoms with Gasteiger partial charge in [-0.25, -0.2) is 9.59 Å². The van der Waals surface area contributed by atoms with Crippen molar-refractivity contribution in [1.82, 2.24) is 9.80 Å². The second-order valence-corrected chi connectivity index (χ2v) is 7.32. The van der Waals surface area contributed by atoms with Crippen LogP contribution in [0.15, 0.2) is 30.3 Å². The average Bonchev–Trinajstić information content (AvgIpc) is 3.27. The first-order chi connectivity index (χ1) is 15.4. The van der Waals surface area contributed by atoms with E-state index in [1.54, 1.807) is 0 Å². The Balaban J connectivity index is 2.01. The number of likely N-dealkylation sites (tertiary alicyclic amines) is 1. The fourth-order valence-electron chi connectivity index (χ4n) is 3.56. The van der Waals surface area contributed by atoms with Crippen molar-refractivity contribution in [2.75, 3.05) is 34.0 Å². The highest BCUT2D eigenvalue weighted by Crippen LogP contribution is 2.21. The average molecular weight is 450 g/mol. The number of hydrogen-bond donors (Lipinski definition) is 0. The van der Waals surface area contributed by atoms with Gasteiger partial charge in [0.15, 0.2) is 6.73 Å². The molecule has 0 radical (unpaired) electrons. The van der Waals surface area contributed by atoms with E-state index in [-0.39, 0.29) is 19.0 Å². The Bertz CT molecular complexity index is 785. The Labute approximate surface area is 187 Å². The molecule has 1 fully saturated rings. The van der Waals surface area contributed by atoms with Crippen LogP contribution >= 0.6 is 0 Å². The molecule has 1 heterocycles. The van der Waals surface area contributed by atoms with Crippen molar-refractivity contribution in [1.29, 1.82) is 0 Å². The van der Waals surface area contributed by atoms with Gasteiger partial charge in [-0.2, -0.15) is 0 Å². The molecule has 2 atom stereocenters. The summed E-state index contributed by atoms with van der Waals surface area (Å²) in [7, 11) is 2.37. The van der Waals surface area contributed by atoms with Crippen molar-refractivity contribution < 1.29 is 38.1 Å². The SMILES string of the molecule is COC(=O)[C@H](CCN1CCC[C@H]1C(=O)OCc1ccccc1)N(COC(C)=O)C(=O)OC. The first-order valence-electron chi connectivity index (χ1n) is 10.4. The van der Waals surface area contributed by atoms with Crippen molar-refractivity contribution in [2.45, 2.75) is 44.9 Å². The highest BCUT2D eigenvalue weighted by molar-refractivity contribution is 5.81. The van der Waals surface area contributed by atoms with E-state index in [4.69, 9.17) is 18.9 Å². The maximum Gasteiger partial charge on any atom is 0.412 e. The van der Waals surface area contributed by atoms with Gasteiger partial charge in [-0.05, 0) is 31.4 Å². The van der Waals surface area contributed by atoms with Gasteiger partial charge < -0.3 is 18.9 Å². The fourth-order valence-corrected chi connectivity index (χ4v) is 3.56. The lowest BCUT2D eigenvalue weighted by atomic mass is 10.1. The summed E-state index contributed by atoms with van der Waals surface area (Å²) in [4.78, 5) is 51.3. The van der Waals surface area contributed by atoms with Crippen molar-refractivity contribution >= 4 is 24.0 Å². The van der Waals surface area contributed by atoms with E-state index < -0.39 is 36.8 Å². The highest BCUT2D eigenvalue weighted by atomic mass is 16.6. The van der Waals surface area contributed by atoms with Gasteiger partial charge in [0.2, 0.25) is 0 Å². The van der Waals surface area contributed by atoms with Crippen LogP contribution in [0.3, 0.4) is 0 Å². The molecule has 1 aliphatic rings. The zero-order chi connectivity index (χ0) is 23.5. The van der Waals surface area contributed by atoms with E-state index in [0.717, 1.165) is 24.0 Å². The molecule has 2 rings (SSSR count). The molecule has 32 heavy (non-hydrogen) atoms. The lowest BCUT2D eigenvalue weighted by Crippen LogP contribution is -2.49. The van der Waals surface area contributed by atoms with Crippen LogP contribution in [-0.2, 0) is 39.9 Å². The minimum Gasteiger partial charge on any atom is -0.467 e. The van der Waals surface area contributed by atoms with Crippen LogP contribution in [0.25, 0.3) is 0 Å². The molecular weight excluding hydrogens is 420 g/mol. The summed E-state index contributed by atoms with van der Waals surface area (Å²) < 4.78 is 19.9. The number of nitrogens with zero attached hydrogens (tertiary/aromatic N) is 2. The molecule has 1 aliphatic heterocycles. The third-order valence-corrected chi connectivity index (χ3v) is 5.21. The van der Waals surface area contributed by atoms with Crippen molar-refractivity contribution in [3.63, 3.8) is 0 Å². The summed E-state index contributed by atoms with van der Waals surface area (Å²) >= 11 is 0. The van der Waals surface area contributed by atoms with Gasteiger partial charge in [-0.1, -0.05) is 30.3 Å². The first kappa shape index (κ1) is 25.1. The number of carbonyl (C=O) groups is 4. The molecule has 10 heteroatoms. The zero-order valence-corrected chi connectivity index (χ0v) is 18.7. The quantitative estimate of drug-likeness (QED) is 0.299. The minimum atomic E-state index is -1.05. The van der Waals surface area contributed by atoms with E-state index in [1.165, 1.54) is 14.0 Å². The number of ether oxygens (including phenoxy) is 4. The van der Waals surface area contributed by atoms with Gasteiger partial charge in [0.25, 0.3) is 0 Å². The van der Waals surface area contributed by atoms with Crippen LogP contribution in [-0.4, -0.2) is 79.9 Å². The second-order valence-electron chi connectivity index (χ2n) is 7.32. The number of rotatable bonds is 10. The molecule has 0 N–H and O–H groups in total. The molecule has 0 aromatic heterocycles. The number of benzene rings is 1. The number of carbonyl (C=O) groups excluding carboxylic acids is 4. The molecule has 0 saturated carbocycles. The molecule has 1 aromatic rings. The largest absolute Gasteiger partial charge is 0.467 e. The van der Waals surface area contributed by atoms with Gasteiger partial charge in [-0.3, -0.25) is 19.4 Å². The minimum absolute atomic E-state index is 0.158. The lowest BCUT2D eigenvalue weighted by molar-refractivity contribution is -0.155. The molecule has 0 aliphatic carbocycles. The molecular formula is C22H30N2O8. The highest BCUT2D eigenvalue weighted by Gasteiger charge is 2.36. The third-order valence-electron chi connectivity index (χ3n) is 5.21. The molecule has 176 valence electrons. The molecule has 0 unspecified atom stereocenters. The molecule has 0 bridgehead atoms. The Hall–Kier alpha value is -3.14. The Kier molecular flexibility index (Phi) is 9.93. The van der Waals surface area contributed by atoms with E-state index in [1.807, 2.05) is 35.2 Å². The van der Waals surface area contributed by atoms with Crippen molar-refractivity contribution in [3.8, 4) is 0 Å². The first-order valence-corrected chi connectivity index (χ1v) is 10.4. The van der Waals surface area contributed by atoms with Crippen LogP contribution < -0.4 is 0 Å². The van der Waals surface area contributed by atoms with Gasteiger partial charge in [-0.15, -0.1) is 0 Å². The summed E-state index contributed by atoms with van der Waals surface area (Å²) in [6.45, 7) is 1.91. The fraction of sp³-hybridized carbons (Fsp3) is 0.545. The predicted octanol–water partition coefficient (Wildman–Crippen LogP) is 1.71. The van der Waals surface area contributed by atoms with Gasteiger partial charge in [0.05, 0.1) is 14.2 Å². The van der Waals surface area contributed by atoms with Gasteiger partial charge in [0, 0.05) is 13.5 Å². The zero-order valence-electron chi connectivity index (χ0n) is 18.7. The number of hydrogen-bond acceptors (Lipinski definition) is 9. The monoisotopic (exact) mass is 450 g/mol. The second kappa shape index (κ2) is 12.7. The van der Waals surface area contributed by atoms with E-state index in [0.29, 0.717) is 19.5 Å². The summed E-state index contributed by atoms with van der Waals surface area (Å²) in [6, 6.07) is 7.92. The van der Waals surface area contributed by atoms with Crippen LogP contribution in [0.5, 0.6) is 0 Å². The number of methoxy groups -OCH3 is 2. The maximum absolute atomic E-state index is 12.6. The number of esters is 3. The van der Waals surface area contributed by atoms with Crippen molar-refractivity contribution in [3.05, 3.63) is 35.9 Å². The third kappa shape index (κ3) is 7.23. The van der Waals surface area contributed by atoms with E-state index >= 15 is 0 Å². The van der Waals surface area contributed by atoms with Crippen LogP contribution in [0, 0.1) is 0 Å². The van der Waals surface area contributed by atoms with Gasteiger partial charge in [0.1, 0.15) is 18.7 Å². The molecule has 1 amide bonds. The van der Waals surface area contributed by atoms with Crippen molar-refractivity contribution in [2.24, 2.45) is 0 Å². The summed E-state index contributed by atoms with van der Waals surface area (Å²) in [5, 5.41) is 0. The molecule has 1 saturated heterocycles. The Morgan fingerprint density at radius 2 is 1.81 bits per heavy atom. The lowest BCUT2D eigenvalue weighted by Gasteiger charge is -2.30. The maximum atomic E-state index is 12.6. The summed E-state index contributed by atoms with van der Waals surface area (Å²) in [5.41, 5.74) is 0.898. The van der Waals surface area contributed by atoms with Crippen LogP contribution in [0.4, 0.5) is 4.79 Å². The molecule has 0 spiro atoms. The Morgan fingerprint density at radius 1 is 1.09 bits per heavy atom. The smallest absolute Gasteiger partial charge is 0.412 e.